The maximum atomic E-state index is 13.0. The van der Waals surface area contributed by atoms with Crippen LogP contribution >= 0.6 is 0 Å². The molecule has 0 aromatic heterocycles. The summed E-state index contributed by atoms with van der Waals surface area (Å²) in [6, 6.07) is 0. The van der Waals surface area contributed by atoms with Crippen molar-refractivity contribution in [2.24, 2.45) is 0 Å². The lowest BCUT2D eigenvalue weighted by Crippen LogP contribution is -2.30. The van der Waals surface area contributed by atoms with Crippen molar-refractivity contribution in [3.05, 3.63) is 97.2 Å². The van der Waals surface area contributed by atoms with Crippen molar-refractivity contribution < 1.29 is 28.6 Å². The molecule has 0 radical (unpaired) electrons. The predicted octanol–water partition coefficient (Wildman–Crippen LogP) is 24.0. The second-order valence-electron chi connectivity index (χ2n) is 23.0. The lowest BCUT2D eigenvalue weighted by molar-refractivity contribution is -0.167. The standard InChI is InChI=1S/C75H130O6/c1-4-7-10-13-16-19-22-25-28-31-34-35-36-37-38-39-42-44-47-50-53-56-59-62-65-68-74(77)80-71-72(81-75(78)69-66-63-60-57-54-51-48-45-41-33-30-27-24-21-18-15-12-9-6-3)70-79-73(76)67-64-61-58-55-52-49-46-43-40-32-29-26-23-20-17-14-11-8-5-2/h7,9-10,12,16,18-19,21,25,27-28,30,34-35,41,45,72H,4-6,8,11,13-15,17,20,22-24,26,29,31-33,36-40,42-44,46-71H2,1-3H3/b10-7-,12-9-,19-16-,21-18-,28-25-,30-27-,35-34-,45-41-. The zero-order valence-corrected chi connectivity index (χ0v) is 53.5. The van der Waals surface area contributed by atoms with Gasteiger partial charge in [0.1, 0.15) is 13.2 Å². The van der Waals surface area contributed by atoms with Crippen LogP contribution in [-0.4, -0.2) is 37.2 Å². The molecule has 0 bridgehead atoms. The highest BCUT2D eigenvalue weighted by Gasteiger charge is 2.19. The van der Waals surface area contributed by atoms with Crippen molar-refractivity contribution in [2.45, 2.75) is 348 Å². The van der Waals surface area contributed by atoms with E-state index in [9.17, 15) is 14.4 Å². The molecule has 0 rings (SSSR count). The SMILES string of the molecule is CC/C=C\C/C=C\C/C=C\C/C=C\CCCCCCCCCCCCCCC(=O)OCC(COC(=O)CCCCCCCCCCCCCCCCCCCCC)OC(=O)CCCCCCCC/C=C\C/C=C\C/C=C\C/C=C\CC. The second kappa shape index (κ2) is 68.8. The first-order valence-electron chi connectivity index (χ1n) is 34.7. The molecule has 0 fully saturated rings. The van der Waals surface area contributed by atoms with Gasteiger partial charge in [-0.1, -0.05) is 323 Å². The molecule has 6 heteroatoms. The first-order valence-corrected chi connectivity index (χ1v) is 34.7. The van der Waals surface area contributed by atoms with Gasteiger partial charge >= 0.3 is 17.9 Å². The Balaban J connectivity index is 4.36. The van der Waals surface area contributed by atoms with E-state index in [1.54, 1.807) is 0 Å². The molecule has 0 saturated heterocycles. The highest BCUT2D eigenvalue weighted by Crippen LogP contribution is 2.18. The van der Waals surface area contributed by atoms with E-state index in [1.807, 2.05) is 0 Å². The zero-order valence-electron chi connectivity index (χ0n) is 53.5. The molecule has 0 saturated carbocycles. The van der Waals surface area contributed by atoms with Gasteiger partial charge in [0.15, 0.2) is 6.10 Å². The molecular weight excluding hydrogens is 997 g/mol. The van der Waals surface area contributed by atoms with E-state index in [1.165, 1.54) is 180 Å². The van der Waals surface area contributed by atoms with Crippen LogP contribution in [-0.2, 0) is 28.6 Å². The Bertz CT molecular complexity index is 1580. The maximum absolute atomic E-state index is 13.0. The van der Waals surface area contributed by atoms with Crippen molar-refractivity contribution in [1.29, 1.82) is 0 Å². The summed E-state index contributed by atoms with van der Waals surface area (Å²) in [4.78, 5) is 38.5. The van der Waals surface area contributed by atoms with Crippen molar-refractivity contribution >= 4 is 17.9 Å². The van der Waals surface area contributed by atoms with Crippen LogP contribution in [0.1, 0.15) is 342 Å². The lowest BCUT2D eigenvalue weighted by atomic mass is 10.0. The van der Waals surface area contributed by atoms with Gasteiger partial charge in [-0.15, -0.1) is 0 Å². The highest BCUT2D eigenvalue weighted by atomic mass is 16.6. The number of rotatable bonds is 63. The van der Waals surface area contributed by atoms with Gasteiger partial charge in [-0.2, -0.15) is 0 Å². The van der Waals surface area contributed by atoms with Gasteiger partial charge in [-0.05, 0) is 96.3 Å². The van der Waals surface area contributed by atoms with Crippen molar-refractivity contribution in [1.82, 2.24) is 0 Å². The van der Waals surface area contributed by atoms with Gasteiger partial charge in [0.25, 0.3) is 0 Å². The van der Waals surface area contributed by atoms with E-state index >= 15 is 0 Å². The minimum absolute atomic E-state index is 0.0804. The molecule has 0 amide bonds. The third kappa shape index (κ3) is 67.0. The third-order valence-corrected chi connectivity index (χ3v) is 15.1. The summed E-state index contributed by atoms with van der Waals surface area (Å²) >= 11 is 0. The molecule has 0 aromatic rings. The molecule has 0 heterocycles. The monoisotopic (exact) mass is 1130 g/mol. The smallest absolute Gasteiger partial charge is 0.306 e. The number of carbonyl (C=O) groups excluding carboxylic acids is 3. The molecule has 6 nitrogen and oxygen atoms in total. The van der Waals surface area contributed by atoms with Gasteiger partial charge in [-0.3, -0.25) is 14.4 Å². The molecule has 0 N–H and O–H groups in total. The minimum Gasteiger partial charge on any atom is -0.462 e. The highest BCUT2D eigenvalue weighted by molar-refractivity contribution is 5.71. The lowest BCUT2D eigenvalue weighted by Gasteiger charge is -2.18. The van der Waals surface area contributed by atoms with Gasteiger partial charge in [-0.25, -0.2) is 0 Å². The van der Waals surface area contributed by atoms with Gasteiger partial charge < -0.3 is 14.2 Å². The summed E-state index contributed by atoms with van der Waals surface area (Å²) < 4.78 is 17.0. The van der Waals surface area contributed by atoms with E-state index in [2.05, 4.69) is 118 Å². The van der Waals surface area contributed by atoms with E-state index in [0.717, 1.165) is 122 Å². The fourth-order valence-corrected chi connectivity index (χ4v) is 9.96. The van der Waals surface area contributed by atoms with Crippen molar-refractivity contribution in [3.8, 4) is 0 Å². The fraction of sp³-hybridized carbons (Fsp3) is 0.747. The first-order chi connectivity index (χ1) is 40.0. The Labute approximate surface area is 502 Å². The average molecular weight is 1130 g/mol. The van der Waals surface area contributed by atoms with E-state index in [4.69, 9.17) is 14.2 Å². The van der Waals surface area contributed by atoms with E-state index in [0.29, 0.717) is 19.3 Å². The Hall–Kier alpha value is -3.67. The number of hydrogen-bond donors (Lipinski definition) is 0. The largest absolute Gasteiger partial charge is 0.462 e. The second-order valence-corrected chi connectivity index (χ2v) is 23.0. The Morgan fingerprint density at radius 2 is 0.481 bits per heavy atom. The normalized spacial score (nSPS) is 12.7. The van der Waals surface area contributed by atoms with Crippen LogP contribution in [0.2, 0.25) is 0 Å². The fourth-order valence-electron chi connectivity index (χ4n) is 9.96. The maximum Gasteiger partial charge on any atom is 0.306 e. The van der Waals surface area contributed by atoms with Gasteiger partial charge in [0.2, 0.25) is 0 Å². The Kier molecular flexibility index (Phi) is 65.7. The molecule has 0 spiro atoms. The number of unbranched alkanes of at least 4 members (excludes halogenated alkanes) is 36. The van der Waals surface area contributed by atoms with Gasteiger partial charge in [0, 0.05) is 19.3 Å². The number of carbonyl (C=O) groups is 3. The van der Waals surface area contributed by atoms with Crippen LogP contribution in [0.15, 0.2) is 97.2 Å². The number of hydrogen-bond acceptors (Lipinski definition) is 6. The summed E-state index contributed by atoms with van der Waals surface area (Å²) in [5.74, 6) is -0.879. The van der Waals surface area contributed by atoms with E-state index < -0.39 is 6.10 Å². The van der Waals surface area contributed by atoms with Crippen LogP contribution in [0, 0.1) is 0 Å². The number of allylic oxidation sites excluding steroid dienone is 16. The predicted molar refractivity (Wildman–Crippen MR) is 353 cm³/mol. The Morgan fingerprint density at radius 1 is 0.259 bits per heavy atom. The molecule has 81 heavy (non-hydrogen) atoms. The molecule has 466 valence electrons. The molecule has 1 atom stereocenters. The number of ether oxygens (including phenoxy) is 3. The third-order valence-electron chi connectivity index (χ3n) is 15.1. The molecular formula is C75H130O6. The van der Waals surface area contributed by atoms with Crippen molar-refractivity contribution in [3.63, 3.8) is 0 Å². The van der Waals surface area contributed by atoms with E-state index in [-0.39, 0.29) is 31.1 Å². The number of esters is 3. The summed E-state index contributed by atoms with van der Waals surface area (Å²) in [7, 11) is 0. The molecule has 0 aliphatic rings. The molecule has 0 aromatic carbocycles. The summed E-state index contributed by atoms with van der Waals surface area (Å²) in [5, 5.41) is 0. The topological polar surface area (TPSA) is 78.9 Å². The first kappa shape index (κ1) is 77.3. The van der Waals surface area contributed by atoms with Crippen LogP contribution in [0.25, 0.3) is 0 Å². The van der Waals surface area contributed by atoms with Crippen molar-refractivity contribution in [2.75, 3.05) is 13.2 Å². The summed E-state index contributed by atoms with van der Waals surface area (Å²) in [6.07, 6.45) is 92.8. The zero-order chi connectivity index (χ0) is 58.5. The average Bonchev–Trinajstić information content (AvgIpc) is 3.47. The quantitative estimate of drug-likeness (QED) is 0.0261. The molecule has 1 unspecified atom stereocenters. The summed E-state index contributed by atoms with van der Waals surface area (Å²) in [6.45, 7) is 6.45. The summed E-state index contributed by atoms with van der Waals surface area (Å²) in [5.41, 5.74) is 0. The molecule has 0 aliphatic heterocycles. The Morgan fingerprint density at radius 3 is 0.753 bits per heavy atom. The van der Waals surface area contributed by atoms with Gasteiger partial charge in [0.05, 0.1) is 0 Å². The molecule has 0 aliphatic carbocycles. The van der Waals surface area contributed by atoms with Crippen LogP contribution in [0.3, 0.4) is 0 Å². The van der Waals surface area contributed by atoms with Crippen LogP contribution in [0.5, 0.6) is 0 Å². The van der Waals surface area contributed by atoms with Crippen LogP contribution < -0.4 is 0 Å². The minimum atomic E-state index is -0.787. The van der Waals surface area contributed by atoms with Crippen LogP contribution in [0.4, 0.5) is 0 Å².